The van der Waals surface area contributed by atoms with Crippen molar-refractivity contribution in [2.45, 2.75) is 30.9 Å². The Balaban J connectivity index is 1.33. The number of non-ortho nitro benzene ring substituents is 1. The molecule has 2 N–H and O–H groups in total. The standard InChI is InChI=1S/C30H28N4O6S/c1-22-7-17-28(18-8-22)41(38,39)33-29(25-5-3-2-4-6-25)19-30(35)32-31-20-23-11-15-27(16-12-23)40-21-24-9-13-26(14-10-24)34(36)37/h2-18,20,29,33H,19,21H2,1H3,(H,32,35)/b31-20-/t29-/m1/s1. The molecule has 1 atom stereocenters. The molecule has 41 heavy (non-hydrogen) atoms. The topological polar surface area (TPSA) is 140 Å². The van der Waals surface area contributed by atoms with E-state index < -0.39 is 26.9 Å². The Hall–Kier alpha value is -4.87. The van der Waals surface area contributed by atoms with Crippen molar-refractivity contribution in [3.05, 3.63) is 135 Å². The first-order chi connectivity index (χ1) is 19.7. The highest BCUT2D eigenvalue weighted by molar-refractivity contribution is 7.89. The van der Waals surface area contributed by atoms with Crippen LogP contribution in [-0.4, -0.2) is 25.5 Å². The molecule has 4 rings (SSSR count). The summed E-state index contributed by atoms with van der Waals surface area (Å²) >= 11 is 0. The Labute approximate surface area is 237 Å². The first-order valence-corrected chi connectivity index (χ1v) is 14.1. The number of nitro groups is 1. The van der Waals surface area contributed by atoms with Crippen LogP contribution in [0.25, 0.3) is 0 Å². The van der Waals surface area contributed by atoms with Gasteiger partial charge in [0.15, 0.2) is 0 Å². The molecule has 0 aromatic heterocycles. The molecule has 0 bridgehead atoms. The fourth-order valence-corrected chi connectivity index (χ4v) is 5.05. The average Bonchev–Trinajstić information content (AvgIpc) is 2.97. The first-order valence-electron chi connectivity index (χ1n) is 12.6. The van der Waals surface area contributed by atoms with Crippen LogP contribution in [0.5, 0.6) is 5.75 Å². The quantitative estimate of drug-likeness (QED) is 0.138. The Bertz CT molecular complexity index is 1610. The van der Waals surface area contributed by atoms with Crippen molar-refractivity contribution in [2.75, 3.05) is 0 Å². The summed E-state index contributed by atoms with van der Waals surface area (Å²) in [6.07, 6.45) is 1.30. The highest BCUT2D eigenvalue weighted by atomic mass is 32.2. The van der Waals surface area contributed by atoms with E-state index in [1.165, 1.54) is 30.5 Å². The van der Waals surface area contributed by atoms with Gasteiger partial charge in [-0.25, -0.2) is 18.6 Å². The van der Waals surface area contributed by atoms with Crippen LogP contribution in [0.2, 0.25) is 0 Å². The molecule has 0 heterocycles. The molecular weight excluding hydrogens is 544 g/mol. The van der Waals surface area contributed by atoms with Gasteiger partial charge in [0, 0.05) is 18.6 Å². The third kappa shape index (κ3) is 8.56. The molecule has 0 spiro atoms. The number of benzene rings is 4. The number of sulfonamides is 1. The van der Waals surface area contributed by atoms with Crippen LogP contribution < -0.4 is 14.9 Å². The third-order valence-electron chi connectivity index (χ3n) is 6.06. The smallest absolute Gasteiger partial charge is 0.269 e. The summed E-state index contributed by atoms with van der Waals surface area (Å²) in [6, 6.07) is 27.6. The molecule has 0 aliphatic heterocycles. The van der Waals surface area contributed by atoms with Gasteiger partial charge in [-0.2, -0.15) is 5.10 Å². The zero-order chi connectivity index (χ0) is 29.2. The summed E-state index contributed by atoms with van der Waals surface area (Å²) in [5.74, 6) is 0.126. The van der Waals surface area contributed by atoms with Gasteiger partial charge in [0.05, 0.1) is 22.1 Å². The van der Waals surface area contributed by atoms with E-state index in [9.17, 15) is 23.3 Å². The predicted molar refractivity (Wildman–Crippen MR) is 155 cm³/mol. The van der Waals surface area contributed by atoms with E-state index in [2.05, 4.69) is 15.2 Å². The van der Waals surface area contributed by atoms with E-state index in [1.807, 2.05) is 13.0 Å². The lowest BCUT2D eigenvalue weighted by Gasteiger charge is -2.18. The Kier molecular flexibility index (Phi) is 9.56. The number of hydrogen-bond acceptors (Lipinski definition) is 7. The minimum atomic E-state index is -3.87. The van der Waals surface area contributed by atoms with E-state index in [4.69, 9.17) is 4.74 Å². The molecule has 4 aromatic carbocycles. The maximum Gasteiger partial charge on any atom is 0.269 e. The van der Waals surface area contributed by atoms with Crippen molar-refractivity contribution in [1.82, 2.24) is 10.1 Å². The molecule has 210 valence electrons. The first kappa shape index (κ1) is 29.1. The van der Waals surface area contributed by atoms with Crippen molar-refractivity contribution in [2.24, 2.45) is 5.10 Å². The maximum absolute atomic E-state index is 13.0. The summed E-state index contributed by atoms with van der Waals surface area (Å²) in [6.45, 7) is 2.12. The van der Waals surface area contributed by atoms with Crippen LogP contribution in [0.4, 0.5) is 5.69 Å². The van der Waals surface area contributed by atoms with Crippen molar-refractivity contribution in [1.29, 1.82) is 0 Å². The molecule has 0 aliphatic rings. The van der Waals surface area contributed by atoms with Gasteiger partial charge >= 0.3 is 0 Å². The predicted octanol–water partition coefficient (Wildman–Crippen LogP) is 5.04. The lowest BCUT2D eigenvalue weighted by atomic mass is 10.0. The number of carbonyl (C=O) groups is 1. The minimum absolute atomic E-state index is 0.0172. The number of rotatable bonds is 12. The Morgan fingerprint density at radius 1 is 0.951 bits per heavy atom. The number of hydrogen-bond donors (Lipinski definition) is 2. The van der Waals surface area contributed by atoms with Gasteiger partial charge in [-0.3, -0.25) is 14.9 Å². The second-order valence-electron chi connectivity index (χ2n) is 9.18. The second-order valence-corrected chi connectivity index (χ2v) is 10.9. The zero-order valence-corrected chi connectivity index (χ0v) is 23.0. The number of hydrazone groups is 1. The summed E-state index contributed by atoms with van der Waals surface area (Å²) in [5, 5.41) is 14.8. The molecule has 10 nitrogen and oxygen atoms in total. The molecule has 0 unspecified atom stereocenters. The summed E-state index contributed by atoms with van der Waals surface area (Å²) < 4.78 is 34.3. The Morgan fingerprint density at radius 2 is 1.61 bits per heavy atom. The van der Waals surface area contributed by atoms with E-state index in [1.54, 1.807) is 72.8 Å². The van der Waals surface area contributed by atoms with Crippen LogP contribution in [0.1, 0.15) is 34.7 Å². The van der Waals surface area contributed by atoms with E-state index in [-0.39, 0.29) is 23.6 Å². The zero-order valence-electron chi connectivity index (χ0n) is 22.1. The van der Waals surface area contributed by atoms with Crippen LogP contribution in [-0.2, 0) is 21.4 Å². The lowest BCUT2D eigenvalue weighted by Crippen LogP contribution is -2.32. The maximum atomic E-state index is 13.0. The van der Waals surface area contributed by atoms with Crippen LogP contribution in [0, 0.1) is 17.0 Å². The van der Waals surface area contributed by atoms with Crippen LogP contribution in [0.15, 0.2) is 113 Å². The summed E-state index contributed by atoms with van der Waals surface area (Å²) in [7, 11) is -3.87. The third-order valence-corrected chi connectivity index (χ3v) is 7.54. The van der Waals surface area contributed by atoms with Gasteiger partial charge in [-0.1, -0.05) is 48.0 Å². The molecule has 0 fully saturated rings. The van der Waals surface area contributed by atoms with Gasteiger partial charge in [0.1, 0.15) is 12.4 Å². The van der Waals surface area contributed by atoms with Crippen molar-refractivity contribution in [3.63, 3.8) is 0 Å². The SMILES string of the molecule is Cc1ccc(S(=O)(=O)N[C@H](CC(=O)N/N=C\c2ccc(OCc3ccc([N+](=O)[O-])cc3)cc2)c2ccccc2)cc1. The number of carbonyl (C=O) groups excluding carboxylic acids is 1. The van der Waals surface area contributed by atoms with Crippen molar-refractivity contribution >= 4 is 27.8 Å². The monoisotopic (exact) mass is 572 g/mol. The molecule has 1 amide bonds. The second kappa shape index (κ2) is 13.5. The van der Waals surface area contributed by atoms with Crippen molar-refractivity contribution in [3.8, 4) is 5.75 Å². The van der Waals surface area contributed by atoms with E-state index in [0.29, 0.717) is 16.9 Å². The summed E-state index contributed by atoms with van der Waals surface area (Å²) in [4.78, 5) is 23.1. The number of ether oxygens (including phenoxy) is 1. The highest BCUT2D eigenvalue weighted by Crippen LogP contribution is 2.21. The number of aryl methyl sites for hydroxylation is 1. The normalized spacial score (nSPS) is 12.1. The molecule has 0 saturated heterocycles. The van der Waals surface area contributed by atoms with Gasteiger partial charge in [0.2, 0.25) is 15.9 Å². The molecule has 0 aliphatic carbocycles. The average molecular weight is 573 g/mol. The van der Waals surface area contributed by atoms with Gasteiger partial charge in [-0.15, -0.1) is 0 Å². The van der Waals surface area contributed by atoms with E-state index in [0.717, 1.165) is 11.1 Å². The van der Waals surface area contributed by atoms with Crippen molar-refractivity contribution < 1.29 is 22.9 Å². The van der Waals surface area contributed by atoms with Gasteiger partial charge in [-0.05, 0) is 72.1 Å². The van der Waals surface area contributed by atoms with Crippen LogP contribution >= 0.6 is 0 Å². The Morgan fingerprint density at radius 3 is 2.24 bits per heavy atom. The summed E-state index contributed by atoms with van der Waals surface area (Å²) in [5.41, 5.74) is 5.54. The molecule has 0 saturated carbocycles. The molecule has 4 aromatic rings. The van der Waals surface area contributed by atoms with Gasteiger partial charge in [0.25, 0.3) is 5.69 Å². The number of nitro benzene ring substituents is 1. The molecular formula is C30H28N4O6S. The number of nitrogens with zero attached hydrogens (tertiary/aromatic N) is 2. The fraction of sp³-hybridized carbons (Fsp3) is 0.133. The van der Waals surface area contributed by atoms with Gasteiger partial charge < -0.3 is 4.74 Å². The number of nitrogens with one attached hydrogen (secondary N) is 2. The number of amides is 1. The largest absolute Gasteiger partial charge is 0.489 e. The van der Waals surface area contributed by atoms with E-state index >= 15 is 0 Å². The molecule has 0 radical (unpaired) electrons. The lowest BCUT2D eigenvalue weighted by molar-refractivity contribution is -0.384. The van der Waals surface area contributed by atoms with Crippen LogP contribution in [0.3, 0.4) is 0 Å². The fourth-order valence-electron chi connectivity index (χ4n) is 3.83. The molecule has 11 heteroatoms. The highest BCUT2D eigenvalue weighted by Gasteiger charge is 2.23. The minimum Gasteiger partial charge on any atom is -0.489 e.